The summed E-state index contributed by atoms with van der Waals surface area (Å²) in [5.74, 6) is 0.179. The highest BCUT2D eigenvalue weighted by molar-refractivity contribution is 6.01. The average molecular weight is 390 g/mol. The number of piperazine rings is 1. The molecule has 3 aromatic rings. The van der Waals surface area contributed by atoms with Gasteiger partial charge < -0.3 is 9.47 Å². The summed E-state index contributed by atoms with van der Waals surface area (Å²) in [6.45, 7) is 11.6. The van der Waals surface area contributed by atoms with Crippen LogP contribution < -0.4 is 0 Å². The molecule has 1 aromatic heterocycles. The van der Waals surface area contributed by atoms with Crippen molar-refractivity contribution in [3.63, 3.8) is 0 Å². The molecule has 29 heavy (non-hydrogen) atoms. The minimum atomic E-state index is 0.179. The Kier molecular flexibility index (Phi) is 5.72. The van der Waals surface area contributed by atoms with Crippen LogP contribution in [0.2, 0.25) is 0 Å². The van der Waals surface area contributed by atoms with Crippen LogP contribution in [0.3, 0.4) is 0 Å². The highest BCUT2D eigenvalue weighted by Crippen LogP contribution is 2.28. The number of nitrogens with zero attached hydrogens (tertiary/aromatic N) is 3. The Balaban J connectivity index is 1.53. The molecule has 4 heteroatoms. The first kappa shape index (κ1) is 19.7. The second-order valence-electron chi connectivity index (χ2n) is 7.98. The number of benzene rings is 2. The van der Waals surface area contributed by atoms with E-state index in [-0.39, 0.29) is 5.91 Å². The lowest BCUT2D eigenvalue weighted by atomic mass is 10.1. The van der Waals surface area contributed by atoms with Gasteiger partial charge in [-0.15, -0.1) is 0 Å². The molecule has 4 nitrogen and oxygen atoms in total. The molecule has 0 radical (unpaired) electrons. The summed E-state index contributed by atoms with van der Waals surface area (Å²) in [5.41, 5.74) is 5.82. The van der Waals surface area contributed by atoms with Crippen molar-refractivity contribution in [1.82, 2.24) is 14.4 Å². The number of hydrogen-bond acceptors (Lipinski definition) is 2. The van der Waals surface area contributed by atoms with E-state index in [1.165, 1.54) is 22.0 Å². The van der Waals surface area contributed by atoms with Crippen LogP contribution in [0.5, 0.6) is 0 Å². The van der Waals surface area contributed by atoms with E-state index in [1.54, 1.807) is 0 Å². The predicted octanol–water partition coefficient (Wildman–Crippen LogP) is 4.49. The summed E-state index contributed by atoms with van der Waals surface area (Å²) in [6, 6.07) is 17.2. The van der Waals surface area contributed by atoms with E-state index in [0.717, 1.165) is 56.9 Å². The Bertz CT molecular complexity index is 998. The van der Waals surface area contributed by atoms with Crippen molar-refractivity contribution in [2.45, 2.75) is 40.3 Å². The van der Waals surface area contributed by atoms with Crippen molar-refractivity contribution in [1.29, 1.82) is 0 Å². The average Bonchev–Trinajstić information content (AvgIpc) is 3.05. The molecule has 1 aliphatic rings. The van der Waals surface area contributed by atoms with E-state index in [0.29, 0.717) is 0 Å². The summed E-state index contributed by atoms with van der Waals surface area (Å²) in [4.78, 5) is 18.0. The van der Waals surface area contributed by atoms with Gasteiger partial charge in [-0.25, -0.2) is 0 Å². The fourth-order valence-corrected chi connectivity index (χ4v) is 4.49. The summed E-state index contributed by atoms with van der Waals surface area (Å²) in [6.07, 6.45) is 1.01. The number of rotatable bonds is 5. The van der Waals surface area contributed by atoms with Crippen LogP contribution in [-0.4, -0.2) is 46.5 Å². The van der Waals surface area contributed by atoms with E-state index < -0.39 is 0 Å². The summed E-state index contributed by atoms with van der Waals surface area (Å²) in [5, 5.41) is 1.22. The fourth-order valence-electron chi connectivity index (χ4n) is 4.49. The second-order valence-corrected chi connectivity index (χ2v) is 7.98. The first-order valence-electron chi connectivity index (χ1n) is 10.8. The Morgan fingerprint density at radius 3 is 2.31 bits per heavy atom. The third-order valence-corrected chi connectivity index (χ3v) is 6.22. The van der Waals surface area contributed by atoms with Crippen LogP contribution in [0, 0.1) is 6.92 Å². The van der Waals surface area contributed by atoms with Gasteiger partial charge in [0.05, 0.1) is 0 Å². The first-order valence-corrected chi connectivity index (χ1v) is 10.8. The van der Waals surface area contributed by atoms with Crippen molar-refractivity contribution in [2.75, 3.05) is 26.2 Å². The molecule has 0 bridgehead atoms. The molecule has 4 rings (SSSR count). The summed E-state index contributed by atoms with van der Waals surface area (Å²) in [7, 11) is 0. The summed E-state index contributed by atoms with van der Waals surface area (Å²) < 4.78 is 2.20. The number of carbonyl (C=O) groups is 1. The maximum Gasteiger partial charge on any atom is 0.270 e. The lowest BCUT2D eigenvalue weighted by molar-refractivity contribution is 0.0618. The molecule has 0 aliphatic carbocycles. The monoisotopic (exact) mass is 389 g/mol. The number of aromatic nitrogens is 1. The van der Waals surface area contributed by atoms with Gasteiger partial charge in [0.2, 0.25) is 0 Å². The van der Waals surface area contributed by atoms with Gasteiger partial charge in [0.25, 0.3) is 5.91 Å². The highest BCUT2D eigenvalue weighted by Gasteiger charge is 2.27. The molecule has 0 atom stereocenters. The van der Waals surface area contributed by atoms with Crippen molar-refractivity contribution < 1.29 is 4.79 Å². The number of hydrogen-bond donors (Lipinski definition) is 0. The molecule has 1 amide bonds. The van der Waals surface area contributed by atoms with Crippen molar-refractivity contribution in [3.05, 3.63) is 70.9 Å². The molecule has 0 N–H and O–H groups in total. The van der Waals surface area contributed by atoms with Crippen molar-refractivity contribution in [2.24, 2.45) is 0 Å². The number of aryl methyl sites for hydroxylation is 3. The van der Waals surface area contributed by atoms with Gasteiger partial charge in [0.1, 0.15) is 5.69 Å². The molecule has 1 fully saturated rings. The predicted molar refractivity (Wildman–Crippen MR) is 119 cm³/mol. The van der Waals surface area contributed by atoms with E-state index in [9.17, 15) is 4.79 Å². The zero-order chi connectivity index (χ0) is 20.4. The van der Waals surface area contributed by atoms with Gasteiger partial charge in [0, 0.05) is 50.2 Å². The third-order valence-electron chi connectivity index (χ3n) is 6.22. The zero-order valence-corrected chi connectivity index (χ0v) is 17.8. The van der Waals surface area contributed by atoms with Gasteiger partial charge in [-0.05, 0) is 49.1 Å². The lowest BCUT2D eigenvalue weighted by Crippen LogP contribution is -2.48. The largest absolute Gasteiger partial charge is 0.337 e. The van der Waals surface area contributed by atoms with Gasteiger partial charge in [-0.3, -0.25) is 9.69 Å². The SMILES string of the molecule is CCc1ccc2c(c1)c(C)c(C(=O)N1CCN(Cc3ccccc3)CC1)n2CC. The van der Waals surface area contributed by atoms with E-state index in [4.69, 9.17) is 0 Å². The third kappa shape index (κ3) is 3.82. The molecule has 2 heterocycles. The van der Waals surface area contributed by atoms with Gasteiger partial charge in [0.15, 0.2) is 0 Å². The van der Waals surface area contributed by atoms with E-state index in [1.807, 2.05) is 4.90 Å². The smallest absolute Gasteiger partial charge is 0.270 e. The van der Waals surface area contributed by atoms with Crippen LogP contribution in [0.15, 0.2) is 48.5 Å². The lowest BCUT2D eigenvalue weighted by Gasteiger charge is -2.35. The Morgan fingerprint density at radius 2 is 1.66 bits per heavy atom. The quantitative estimate of drug-likeness (QED) is 0.643. The molecular weight excluding hydrogens is 358 g/mol. The molecule has 1 aliphatic heterocycles. The number of carbonyl (C=O) groups excluding carboxylic acids is 1. The molecule has 1 saturated heterocycles. The van der Waals surface area contributed by atoms with Gasteiger partial charge in [-0.2, -0.15) is 0 Å². The maximum atomic E-state index is 13.5. The molecule has 0 spiro atoms. The minimum absolute atomic E-state index is 0.179. The van der Waals surface area contributed by atoms with Gasteiger partial charge >= 0.3 is 0 Å². The van der Waals surface area contributed by atoms with Crippen LogP contribution in [0.4, 0.5) is 0 Å². The molecule has 0 unspecified atom stereocenters. The number of amides is 1. The second kappa shape index (κ2) is 8.42. The van der Waals surface area contributed by atoms with Crippen LogP contribution >= 0.6 is 0 Å². The van der Waals surface area contributed by atoms with Gasteiger partial charge in [-0.1, -0.05) is 43.3 Å². The van der Waals surface area contributed by atoms with Crippen LogP contribution in [0.25, 0.3) is 10.9 Å². The maximum absolute atomic E-state index is 13.5. The zero-order valence-electron chi connectivity index (χ0n) is 17.8. The standard InChI is InChI=1S/C25H31N3O/c1-4-20-11-12-23-22(17-20)19(3)24(28(23)5-2)25(29)27-15-13-26(14-16-27)18-21-9-7-6-8-10-21/h6-12,17H,4-5,13-16,18H2,1-3H3. The molecular formula is C25H31N3O. The van der Waals surface area contributed by atoms with E-state index >= 15 is 0 Å². The fraction of sp³-hybridized carbons (Fsp3) is 0.400. The Labute approximate surface area is 173 Å². The van der Waals surface area contributed by atoms with E-state index in [2.05, 4.69) is 78.8 Å². The van der Waals surface area contributed by atoms with Crippen molar-refractivity contribution in [3.8, 4) is 0 Å². The van der Waals surface area contributed by atoms with Crippen molar-refractivity contribution >= 4 is 16.8 Å². The minimum Gasteiger partial charge on any atom is -0.337 e. The molecule has 152 valence electrons. The summed E-state index contributed by atoms with van der Waals surface area (Å²) >= 11 is 0. The Hall–Kier alpha value is -2.59. The molecule has 0 saturated carbocycles. The highest BCUT2D eigenvalue weighted by atomic mass is 16.2. The number of fused-ring (bicyclic) bond motifs is 1. The van der Waals surface area contributed by atoms with Crippen LogP contribution in [-0.2, 0) is 19.5 Å². The topological polar surface area (TPSA) is 28.5 Å². The Morgan fingerprint density at radius 1 is 0.931 bits per heavy atom. The van der Waals surface area contributed by atoms with Crippen LogP contribution in [0.1, 0.15) is 41.0 Å². The molecule has 2 aromatic carbocycles. The normalized spacial score (nSPS) is 15.2. The first-order chi connectivity index (χ1) is 14.1.